The summed E-state index contributed by atoms with van der Waals surface area (Å²) in [5.41, 5.74) is 9.97. The SMILES string of the molecule is CC(C)(C)c1cc(-c2nc(-c3ccccc3)nc(-c3ccccc3-c3nc(-c4ccccc4)nc(-c4cc(C(C)(C)C)cc(C(C)(C)C)c4)n3)n2)cc(C(C)(C)C)c1. The maximum atomic E-state index is 5.28. The molecule has 0 saturated carbocycles. The van der Waals surface area contributed by atoms with Crippen LogP contribution in [0.4, 0.5) is 0 Å². The first-order valence-electron chi connectivity index (χ1n) is 20.3. The standard InChI is InChI=1S/C52H56N6/c1-49(2,3)37-27-35(28-38(31-37)50(4,5)6)45-53-43(33-21-15-13-16-22-33)55-47(57-45)41-25-19-20-26-42(41)48-56-44(34-23-17-14-18-24-34)54-46(58-48)36-29-39(51(7,8)9)32-40(30-36)52(10,11)12/h13-32H,1-12H3. The first kappa shape index (κ1) is 40.3. The predicted molar refractivity (Wildman–Crippen MR) is 241 cm³/mol. The van der Waals surface area contributed by atoms with E-state index in [0.717, 1.165) is 33.4 Å². The summed E-state index contributed by atoms with van der Waals surface area (Å²) in [7, 11) is 0. The Morgan fingerprint density at radius 2 is 0.500 bits per heavy atom. The van der Waals surface area contributed by atoms with Gasteiger partial charge in [0.2, 0.25) is 0 Å². The third-order valence-corrected chi connectivity index (χ3v) is 10.6. The van der Waals surface area contributed by atoms with Gasteiger partial charge in [-0.25, -0.2) is 29.9 Å². The highest BCUT2D eigenvalue weighted by Crippen LogP contribution is 2.38. The number of hydrogen-bond donors (Lipinski definition) is 0. The van der Waals surface area contributed by atoms with Gasteiger partial charge in [0, 0.05) is 33.4 Å². The van der Waals surface area contributed by atoms with Crippen LogP contribution in [0.15, 0.2) is 121 Å². The van der Waals surface area contributed by atoms with Crippen LogP contribution in [0.1, 0.15) is 105 Å². The van der Waals surface area contributed by atoms with Crippen molar-refractivity contribution < 1.29 is 0 Å². The van der Waals surface area contributed by atoms with Gasteiger partial charge in [0.05, 0.1) is 0 Å². The lowest BCUT2D eigenvalue weighted by molar-refractivity contribution is 0.568. The van der Waals surface area contributed by atoms with Gasteiger partial charge in [-0.05, 0) is 68.2 Å². The molecule has 0 spiro atoms. The van der Waals surface area contributed by atoms with E-state index in [4.69, 9.17) is 29.9 Å². The highest BCUT2D eigenvalue weighted by Gasteiger charge is 2.25. The monoisotopic (exact) mass is 764 g/mol. The van der Waals surface area contributed by atoms with Crippen LogP contribution in [0.3, 0.4) is 0 Å². The maximum Gasteiger partial charge on any atom is 0.164 e. The molecule has 7 aromatic rings. The van der Waals surface area contributed by atoms with E-state index in [1.54, 1.807) is 0 Å². The van der Waals surface area contributed by atoms with Gasteiger partial charge in [0.15, 0.2) is 34.9 Å². The lowest BCUT2D eigenvalue weighted by atomic mass is 9.79. The van der Waals surface area contributed by atoms with Gasteiger partial charge in [0.1, 0.15) is 0 Å². The van der Waals surface area contributed by atoms with Crippen LogP contribution in [-0.4, -0.2) is 29.9 Å². The van der Waals surface area contributed by atoms with E-state index < -0.39 is 0 Å². The molecule has 0 amide bonds. The molecule has 2 heterocycles. The zero-order chi connectivity index (χ0) is 41.6. The van der Waals surface area contributed by atoms with Gasteiger partial charge < -0.3 is 0 Å². The smallest absolute Gasteiger partial charge is 0.164 e. The molecule has 0 atom stereocenters. The molecule has 0 N–H and O–H groups in total. The van der Waals surface area contributed by atoms with Crippen molar-refractivity contribution in [3.8, 4) is 68.3 Å². The summed E-state index contributed by atoms with van der Waals surface area (Å²) in [6.45, 7) is 27.0. The van der Waals surface area contributed by atoms with Gasteiger partial charge in [-0.15, -0.1) is 0 Å². The normalized spacial score (nSPS) is 12.5. The van der Waals surface area contributed by atoms with Crippen LogP contribution < -0.4 is 0 Å². The third kappa shape index (κ3) is 8.82. The van der Waals surface area contributed by atoms with Crippen molar-refractivity contribution in [2.24, 2.45) is 0 Å². The summed E-state index contributed by atoms with van der Waals surface area (Å²) >= 11 is 0. The van der Waals surface area contributed by atoms with Gasteiger partial charge in [-0.3, -0.25) is 0 Å². The number of rotatable bonds is 6. The molecule has 0 radical (unpaired) electrons. The van der Waals surface area contributed by atoms with Gasteiger partial charge >= 0.3 is 0 Å². The first-order valence-corrected chi connectivity index (χ1v) is 20.3. The average molecular weight is 765 g/mol. The van der Waals surface area contributed by atoms with Crippen molar-refractivity contribution in [3.63, 3.8) is 0 Å². The Hall–Kier alpha value is -5.88. The summed E-state index contributed by atoms with van der Waals surface area (Å²) < 4.78 is 0. The molecule has 58 heavy (non-hydrogen) atoms. The highest BCUT2D eigenvalue weighted by atomic mass is 15.1. The molecular formula is C52H56N6. The van der Waals surface area contributed by atoms with Crippen molar-refractivity contribution in [2.45, 2.75) is 105 Å². The molecule has 0 saturated heterocycles. The molecule has 6 heteroatoms. The average Bonchev–Trinajstić information content (AvgIpc) is 3.19. The minimum atomic E-state index is -0.0758. The number of hydrogen-bond acceptors (Lipinski definition) is 6. The second kappa shape index (κ2) is 15.1. The molecule has 0 aliphatic heterocycles. The zero-order valence-corrected chi connectivity index (χ0v) is 36.2. The Morgan fingerprint density at radius 3 is 0.776 bits per heavy atom. The maximum absolute atomic E-state index is 5.28. The van der Waals surface area contributed by atoms with Gasteiger partial charge in [-0.2, -0.15) is 0 Å². The van der Waals surface area contributed by atoms with E-state index in [0.29, 0.717) is 34.9 Å². The Labute approximate surface area is 345 Å². The summed E-state index contributed by atoms with van der Waals surface area (Å²) in [6, 6.07) is 42.0. The third-order valence-electron chi connectivity index (χ3n) is 10.6. The summed E-state index contributed by atoms with van der Waals surface area (Å²) in [4.78, 5) is 31.2. The van der Waals surface area contributed by atoms with E-state index >= 15 is 0 Å². The fourth-order valence-electron chi connectivity index (χ4n) is 6.80. The molecule has 0 aliphatic rings. The highest BCUT2D eigenvalue weighted by molar-refractivity contribution is 5.80. The van der Waals surface area contributed by atoms with E-state index in [1.165, 1.54) is 22.3 Å². The first-order chi connectivity index (χ1) is 27.2. The zero-order valence-electron chi connectivity index (χ0n) is 36.2. The Bertz CT molecular complexity index is 2340. The number of aromatic nitrogens is 6. The van der Waals surface area contributed by atoms with Crippen molar-refractivity contribution in [3.05, 3.63) is 144 Å². The van der Waals surface area contributed by atoms with E-state index in [2.05, 4.69) is 132 Å². The largest absolute Gasteiger partial charge is 0.208 e. The summed E-state index contributed by atoms with van der Waals surface area (Å²) in [5.74, 6) is 3.53. The quantitative estimate of drug-likeness (QED) is 0.168. The fraction of sp³-hybridized carbons (Fsp3) is 0.308. The molecule has 0 fully saturated rings. The van der Waals surface area contributed by atoms with E-state index in [1.807, 2.05) is 72.8 Å². The fourth-order valence-corrected chi connectivity index (χ4v) is 6.80. The summed E-state index contributed by atoms with van der Waals surface area (Å²) in [5, 5.41) is 0. The predicted octanol–water partition coefficient (Wildman–Crippen LogP) is 13.2. The number of benzene rings is 5. The molecule has 294 valence electrons. The molecule has 6 nitrogen and oxygen atoms in total. The molecule has 5 aromatic carbocycles. The topological polar surface area (TPSA) is 77.3 Å². The van der Waals surface area contributed by atoms with Crippen molar-refractivity contribution in [1.82, 2.24) is 29.9 Å². The molecule has 2 aromatic heterocycles. The lowest BCUT2D eigenvalue weighted by Gasteiger charge is -2.26. The molecule has 0 bridgehead atoms. The van der Waals surface area contributed by atoms with Crippen LogP contribution in [-0.2, 0) is 21.7 Å². The van der Waals surface area contributed by atoms with Crippen LogP contribution in [0.25, 0.3) is 68.3 Å². The van der Waals surface area contributed by atoms with E-state index in [9.17, 15) is 0 Å². The van der Waals surface area contributed by atoms with Gasteiger partial charge in [-0.1, -0.05) is 180 Å². The minimum absolute atomic E-state index is 0.0758. The van der Waals surface area contributed by atoms with Crippen LogP contribution in [0.2, 0.25) is 0 Å². The van der Waals surface area contributed by atoms with Crippen molar-refractivity contribution >= 4 is 0 Å². The van der Waals surface area contributed by atoms with Crippen molar-refractivity contribution in [2.75, 3.05) is 0 Å². The molecule has 7 rings (SSSR count). The Balaban J connectivity index is 1.49. The van der Waals surface area contributed by atoms with Crippen molar-refractivity contribution in [1.29, 1.82) is 0 Å². The molecule has 0 unspecified atom stereocenters. The molecular weight excluding hydrogens is 709 g/mol. The number of nitrogens with zero attached hydrogens (tertiary/aromatic N) is 6. The molecule has 0 aliphatic carbocycles. The van der Waals surface area contributed by atoms with Gasteiger partial charge in [0.25, 0.3) is 0 Å². The second-order valence-electron chi connectivity index (χ2n) is 19.5. The minimum Gasteiger partial charge on any atom is -0.208 e. The van der Waals surface area contributed by atoms with E-state index in [-0.39, 0.29) is 21.7 Å². The van der Waals surface area contributed by atoms with Crippen LogP contribution in [0.5, 0.6) is 0 Å². The second-order valence-corrected chi connectivity index (χ2v) is 19.5. The summed E-state index contributed by atoms with van der Waals surface area (Å²) in [6.07, 6.45) is 0. The lowest BCUT2D eigenvalue weighted by Crippen LogP contribution is -2.17. The van der Waals surface area contributed by atoms with Crippen LogP contribution in [0, 0.1) is 0 Å². The Kier molecular flexibility index (Phi) is 10.5. The Morgan fingerprint density at radius 1 is 0.259 bits per heavy atom. The van der Waals surface area contributed by atoms with Crippen LogP contribution >= 0.6 is 0 Å².